The van der Waals surface area contributed by atoms with Gasteiger partial charge in [-0.2, -0.15) is 0 Å². The molecular formula is C25H20ClN3O8S2. The molecule has 0 aliphatic carbocycles. The molecule has 0 aliphatic heterocycles. The number of nitro benzene ring substituents is 2. The van der Waals surface area contributed by atoms with Crippen molar-refractivity contribution < 1.29 is 26.7 Å². The van der Waals surface area contributed by atoms with Gasteiger partial charge < -0.3 is 0 Å². The summed E-state index contributed by atoms with van der Waals surface area (Å²) in [7, 11) is -8.45. The number of anilines is 1. The van der Waals surface area contributed by atoms with Crippen LogP contribution in [0, 0.1) is 20.2 Å². The summed E-state index contributed by atoms with van der Waals surface area (Å²) in [5, 5.41) is 24.7. The number of para-hydroxylation sites is 1. The van der Waals surface area contributed by atoms with Gasteiger partial charge in [-0.05, 0) is 59.7 Å². The van der Waals surface area contributed by atoms with Crippen LogP contribution in [-0.2, 0) is 19.9 Å². The van der Waals surface area contributed by atoms with Crippen LogP contribution in [0.1, 0.15) is 6.42 Å². The van der Waals surface area contributed by atoms with Crippen molar-refractivity contribution in [3.8, 4) is 0 Å². The molecule has 0 aromatic heterocycles. The van der Waals surface area contributed by atoms with Crippen LogP contribution in [0.4, 0.5) is 17.1 Å². The SMILES string of the molecule is O=[N+]([O-])c1ccc(S(=O)(=O)N(CCCS(=O)(=O)c2ccc3cc(Cl)ccc3c2)c2ccccc2)c([N+](=O)[O-])c1. The average molecular weight is 590 g/mol. The zero-order chi connectivity index (χ0) is 28.4. The topological polar surface area (TPSA) is 158 Å². The highest BCUT2D eigenvalue weighted by molar-refractivity contribution is 7.93. The zero-order valence-corrected chi connectivity index (χ0v) is 22.4. The molecule has 0 aliphatic rings. The Morgan fingerprint density at radius 2 is 1.44 bits per heavy atom. The standard InChI is InChI=1S/C25H20ClN3O8S2/c26-20-9-7-19-16-23(11-8-18(19)15-20)38(34,35)14-4-13-27(21-5-2-1-3-6-21)39(36,37)25-12-10-22(28(30)31)17-24(25)29(32)33/h1-3,5-12,15-17H,4,13-14H2. The van der Waals surface area contributed by atoms with E-state index in [4.69, 9.17) is 11.6 Å². The van der Waals surface area contributed by atoms with Crippen molar-refractivity contribution in [3.05, 3.63) is 110 Å². The van der Waals surface area contributed by atoms with Gasteiger partial charge in [-0.25, -0.2) is 16.8 Å². The monoisotopic (exact) mass is 589 g/mol. The van der Waals surface area contributed by atoms with Gasteiger partial charge in [0.1, 0.15) is 0 Å². The first kappa shape index (κ1) is 28.0. The molecule has 0 bridgehead atoms. The lowest BCUT2D eigenvalue weighted by Gasteiger charge is -2.24. The van der Waals surface area contributed by atoms with Crippen LogP contribution < -0.4 is 4.31 Å². The lowest BCUT2D eigenvalue weighted by Crippen LogP contribution is -2.33. The van der Waals surface area contributed by atoms with E-state index in [0.29, 0.717) is 16.5 Å². The molecule has 0 saturated heterocycles. The van der Waals surface area contributed by atoms with E-state index >= 15 is 0 Å². The quantitative estimate of drug-likeness (QED) is 0.176. The van der Waals surface area contributed by atoms with Crippen LogP contribution in [0.25, 0.3) is 10.8 Å². The lowest BCUT2D eigenvalue weighted by atomic mass is 10.1. The minimum atomic E-state index is -4.63. The fourth-order valence-corrected chi connectivity index (χ4v) is 7.14. The minimum absolute atomic E-state index is 0.0532. The van der Waals surface area contributed by atoms with Crippen molar-refractivity contribution in [2.45, 2.75) is 16.2 Å². The third-order valence-corrected chi connectivity index (χ3v) is 9.78. The Labute approximate surface area is 228 Å². The Morgan fingerprint density at radius 1 is 0.769 bits per heavy atom. The number of rotatable bonds is 10. The van der Waals surface area contributed by atoms with Crippen molar-refractivity contribution in [2.24, 2.45) is 0 Å². The molecular weight excluding hydrogens is 570 g/mol. The predicted molar refractivity (Wildman–Crippen MR) is 146 cm³/mol. The molecule has 4 aromatic carbocycles. The number of sulfonamides is 1. The van der Waals surface area contributed by atoms with E-state index < -0.39 is 51.7 Å². The van der Waals surface area contributed by atoms with E-state index in [-0.39, 0.29) is 23.5 Å². The molecule has 0 unspecified atom stereocenters. The molecule has 4 rings (SSSR count). The second-order valence-electron chi connectivity index (χ2n) is 8.40. The first-order valence-corrected chi connectivity index (χ1v) is 14.8. The molecule has 0 saturated carbocycles. The van der Waals surface area contributed by atoms with Crippen molar-refractivity contribution in [2.75, 3.05) is 16.6 Å². The zero-order valence-electron chi connectivity index (χ0n) is 20.0. The molecule has 0 radical (unpaired) electrons. The minimum Gasteiger partial charge on any atom is -0.266 e. The second kappa shape index (κ2) is 11.0. The Kier molecular flexibility index (Phi) is 7.86. The van der Waals surface area contributed by atoms with Gasteiger partial charge in [0.15, 0.2) is 14.7 Å². The van der Waals surface area contributed by atoms with E-state index in [0.717, 1.165) is 21.8 Å². The number of nitrogens with zero attached hydrogens (tertiary/aromatic N) is 3. The first-order chi connectivity index (χ1) is 18.4. The second-order valence-corrected chi connectivity index (χ2v) is 12.8. The van der Waals surface area contributed by atoms with E-state index in [2.05, 4.69) is 0 Å². The highest BCUT2D eigenvalue weighted by Gasteiger charge is 2.34. The maximum absolute atomic E-state index is 13.6. The highest BCUT2D eigenvalue weighted by atomic mass is 35.5. The molecule has 11 nitrogen and oxygen atoms in total. The maximum Gasteiger partial charge on any atom is 0.296 e. The van der Waals surface area contributed by atoms with Gasteiger partial charge in [0.25, 0.3) is 21.4 Å². The summed E-state index contributed by atoms with van der Waals surface area (Å²) in [4.78, 5) is 20.1. The third-order valence-electron chi connectivity index (χ3n) is 5.87. The van der Waals surface area contributed by atoms with Gasteiger partial charge in [-0.3, -0.25) is 24.5 Å². The van der Waals surface area contributed by atoms with Crippen molar-refractivity contribution >= 4 is 59.3 Å². The third kappa shape index (κ3) is 6.00. The van der Waals surface area contributed by atoms with Crippen LogP contribution in [0.2, 0.25) is 5.02 Å². The first-order valence-electron chi connectivity index (χ1n) is 11.3. The van der Waals surface area contributed by atoms with Gasteiger partial charge in [-0.1, -0.05) is 41.9 Å². The summed E-state index contributed by atoms with van der Waals surface area (Å²) in [6.07, 6.45) is -0.143. The van der Waals surface area contributed by atoms with Crippen LogP contribution in [0.5, 0.6) is 0 Å². The predicted octanol–water partition coefficient (Wildman–Crippen LogP) is 5.37. The molecule has 14 heteroatoms. The van der Waals surface area contributed by atoms with Gasteiger partial charge in [0.2, 0.25) is 0 Å². The van der Waals surface area contributed by atoms with Crippen molar-refractivity contribution in [1.29, 1.82) is 0 Å². The number of sulfone groups is 1. The fourth-order valence-electron chi connectivity index (χ4n) is 3.99. The van der Waals surface area contributed by atoms with Gasteiger partial charge >= 0.3 is 0 Å². The molecule has 0 fully saturated rings. The van der Waals surface area contributed by atoms with E-state index in [1.807, 2.05) is 0 Å². The van der Waals surface area contributed by atoms with Gasteiger partial charge in [0.05, 0.1) is 32.2 Å². The maximum atomic E-state index is 13.6. The summed E-state index contributed by atoms with van der Waals surface area (Å²) < 4.78 is 54.3. The van der Waals surface area contributed by atoms with Crippen LogP contribution in [-0.4, -0.2) is 39.0 Å². The van der Waals surface area contributed by atoms with Crippen LogP contribution in [0.3, 0.4) is 0 Å². The van der Waals surface area contributed by atoms with Crippen LogP contribution >= 0.6 is 11.6 Å². The van der Waals surface area contributed by atoms with Crippen LogP contribution in [0.15, 0.2) is 94.7 Å². The number of hydrogen-bond donors (Lipinski definition) is 0. The molecule has 0 spiro atoms. The molecule has 202 valence electrons. The number of hydrogen-bond acceptors (Lipinski definition) is 8. The molecule has 0 atom stereocenters. The summed E-state index contributed by atoms with van der Waals surface area (Å²) in [6.45, 7) is -0.330. The molecule has 0 amide bonds. The number of nitro groups is 2. The fraction of sp³-hybridized carbons (Fsp3) is 0.120. The highest BCUT2D eigenvalue weighted by Crippen LogP contribution is 2.33. The molecule has 39 heavy (non-hydrogen) atoms. The van der Waals surface area contributed by atoms with Crippen molar-refractivity contribution in [3.63, 3.8) is 0 Å². The Balaban J connectivity index is 1.65. The number of fused-ring (bicyclic) bond motifs is 1. The van der Waals surface area contributed by atoms with Crippen molar-refractivity contribution in [1.82, 2.24) is 0 Å². The lowest BCUT2D eigenvalue weighted by molar-refractivity contribution is -0.396. The normalized spacial score (nSPS) is 11.8. The summed E-state index contributed by atoms with van der Waals surface area (Å²) >= 11 is 5.99. The van der Waals surface area contributed by atoms with Gasteiger partial charge in [0, 0.05) is 17.6 Å². The van der Waals surface area contributed by atoms with E-state index in [1.165, 1.54) is 24.3 Å². The molecule has 0 N–H and O–H groups in total. The smallest absolute Gasteiger partial charge is 0.266 e. The number of benzene rings is 4. The molecule has 0 heterocycles. The van der Waals surface area contributed by atoms with Gasteiger partial charge in [-0.15, -0.1) is 0 Å². The summed E-state index contributed by atoms with van der Waals surface area (Å²) in [6, 6.07) is 19.5. The van der Waals surface area contributed by atoms with E-state index in [1.54, 1.807) is 42.5 Å². The number of halogens is 1. The Hall–Kier alpha value is -4.07. The Morgan fingerprint density at radius 3 is 2.10 bits per heavy atom. The molecule has 4 aromatic rings. The summed E-state index contributed by atoms with van der Waals surface area (Å²) in [5.74, 6) is -0.409. The Bertz CT molecular complexity index is 1800. The summed E-state index contributed by atoms with van der Waals surface area (Å²) in [5.41, 5.74) is -1.46. The largest absolute Gasteiger partial charge is 0.296 e. The average Bonchev–Trinajstić information content (AvgIpc) is 2.90. The number of non-ortho nitro benzene ring substituents is 1. The van der Waals surface area contributed by atoms with E-state index in [9.17, 15) is 37.1 Å².